The Labute approximate surface area is 119 Å². The summed E-state index contributed by atoms with van der Waals surface area (Å²) in [5, 5.41) is 0. The maximum Gasteiger partial charge on any atom is 0.255 e. The Bertz CT molecular complexity index is 538. The summed E-state index contributed by atoms with van der Waals surface area (Å²) in [6, 6.07) is 1.70. The Morgan fingerprint density at radius 3 is 2.85 bits per heavy atom. The molecule has 2 N–H and O–H groups in total. The van der Waals surface area contributed by atoms with Crippen LogP contribution in [0.3, 0.4) is 0 Å². The van der Waals surface area contributed by atoms with Crippen LogP contribution in [-0.4, -0.2) is 47.6 Å². The zero-order valence-corrected chi connectivity index (χ0v) is 11.8. The molecular weight excluding hydrogens is 254 g/mol. The Morgan fingerprint density at radius 2 is 2.20 bits per heavy atom. The first-order valence-corrected chi connectivity index (χ1v) is 6.69. The zero-order chi connectivity index (χ0) is 14.5. The number of hydrogen-bond acceptors (Lipinski definition) is 4. The quantitative estimate of drug-likeness (QED) is 0.763. The van der Waals surface area contributed by atoms with E-state index in [0.717, 1.165) is 0 Å². The van der Waals surface area contributed by atoms with E-state index < -0.39 is 0 Å². The summed E-state index contributed by atoms with van der Waals surface area (Å²) in [6.45, 7) is 5.38. The molecule has 20 heavy (non-hydrogen) atoms. The van der Waals surface area contributed by atoms with E-state index in [1.54, 1.807) is 18.5 Å². The van der Waals surface area contributed by atoms with Crippen LogP contribution in [0.25, 0.3) is 0 Å². The molecule has 1 aromatic rings. The molecule has 1 aromatic heterocycles. The first-order valence-electron chi connectivity index (χ1n) is 6.69. The van der Waals surface area contributed by atoms with Crippen molar-refractivity contribution in [3.05, 3.63) is 29.6 Å². The molecule has 1 amide bonds. The molecule has 2 unspecified atom stereocenters. The number of carbonyl (C=O) groups is 1. The SMILES string of the molecule is CC1CN(C(=O)c2ccncc2C#CCN)CC(C)O1. The van der Waals surface area contributed by atoms with Gasteiger partial charge in [0.25, 0.3) is 5.91 Å². The highest BCUT2D eigenvalue weighted by atomic mass is 16.5. The summed E-state index contributed by atoms with van der Waals surface area (Å²) < 4.78 is 5.65. The summed E-state index contributed by atoms with van der Waals surface area (Å²) in [7, 11) is 0. The third-order valence-corrected chi connectivity index (χ3v) is 3.08. The molecule has 0 radical (unpaired) electrons. The van der Waals surface area contributed by atoms with Crippen molar-refractivity contribution < 1.29 is 9.53 Å². The molecule has 1 aliphatic heterocycles. The minimum Gasteiger partial charge on any atom is -0.372 e. The molecular formula is C15H19N3O2. The third-order valence-electron chi connectivity index (χ3n) is 3.08. The van der Waals surface area contributed by atoms with Crippen molar-refractivity contribution in [3.8, 4) is 11.8 Å². The van der Waals surface area contributed by atoms with Gasteiger partial charge in [0, 0.05) is 25.5 Å². The number of morpholine rings is 1. The smallest absolute Gasteiger partial charge is 0.255 e. The second-order valence-corrected chi connectivity index (χ2v) is 4.89. The van der Waals surface area contributed by atoms with Crippen molar-refractivity contribution in [2.75, 3.05) is 19.6 Å². The third kappa shape index (κ3) is 3.35. The van der Waals surface area contributed by atoms with E-state index in [-0.39, 0.29) is 24.7 Å². The molecule has 1 fully saturated rings. The molecule has 0 aromatic carbocycles. The standard InChI is InChI=1S/C15H19N3O2/c1-11-9-18(10-12(2)20-11)15(19)14-5-7-17-8-13(14)4-3-6-16/h5,7-8,11-12H,6,9-10,16H2,1-2H3. The highest BCUT2D eigenvalue weighted by Gasteiger charge is 2.27. The molecule has 2 rings (SSSR count). The average molecular weight is 273 g/mol. The van der Waals surface area contributed by atoms with Crippen LogP contribution in [0, 0.1) is 11.8 Å². The van der Waals surface area contributed by atoms with Gasteiger partial charge in [-0.15, -0.1) is 0 Å². The minimum absolute atomic E-state index is 0.0317. The lowest BCUT2D eigenvalue weighted by Gasteiger charge is -2.35. The predicted molar refractivity (Wildman–Crippen MR) is 76.1 cm³/mol. The number of ether oxygens (including phenoxy) is 1. The molecule has 1 saturated heterocycles. The molecule has 0 aliphatic carbocycles. The van der Waals surface area contributed by atoms with E-state index in [1.165, 1.54) is 0 Å². The van der Waals surface area contributed by atoms with Gasteiger partial charge in [-0.3, -0.25) is 9.78 Å². The van der Waals surface area contributed by atoms with Gasteiger partial charge in [0.15, 0.2) is 0 Å². The fourth-order valence-electron chi connectivity index (χ4n) is 2.34. The van der Waals surface area contributed by atoms with Crippen LogP contribution in [0.2, 0.25) is 0 Å². The predicted octanol–water partition coefficient (Wildman–Crippen LogP) is 0.641. The monoisotopic (exact) mass is 273 g/mol. The van der Waals surface area contributed by atoms with Gasteiger partial charge < -0.3 is 15.4 Å². The molecule has 106 valence electrons. The highest BCUT2D eigenvalue weighted by molar-refractivity contribution is 5.96. The lowest BCUT2D eigenvalue weighted by atomic mass is 10.1. The zero-order valence-electron chi connectivity index (χ0n) is 11.8. The number of pyridine rings is 1. The Balaban J connectivity index is 2.24. The highest BCUT2D eigenvalue weighted by Crippen LogP contribution is 2.16. The van der Waals surface area contributed by atoms with Crippen molar-refractivity contribution in [2.24, 2.45) is 5.73 Å². The molecule has 5 heteroatoms. The summed E-state index contributed by atoms with van der Waals surface area (Å²) >= 11 is 0. The lowest BCUT2D eigenvalue weighted by molar-refractivity contribution is -0.0586. The minimum atomic E-state index is -0.0317. The number of rotatable bonds is 1. The maximum absolute atomic E-state index is 12.6. The Morgan fingerprint density at radius 1 is 1.50 bits per heavy atom. The van der Waals surface area contributed by atoms with Crippen LogP contribution in [0.4, 0.5) is 0 Å². The largest absolute Gasteiger partial charge is 0.372 e. The van der Waals surface area contributed by atoms with Gasteiger partial charge in [-0.2, -0.15) is 0 Å². The van der Waals surface area contributed by atoms with Gasteiger partial charge >= 0.3 is 0 Å². The Hall–Kier alpha value is -1.90. The van der Waals surface area contributed by atoms with Gasteiger partial charge in [0.1, 0.15) is 0 Å². The average Bonchev–Trinajstić information content (AvgIpc) is 2.43. The van der Waals surface area contributed by atoms with E-state index in [9.17, 15) is 4.79 Å². The van der Waals surface area contributed by atoms with Gasteiger partial charge in [0.05, 0.1) is 29.9 Å². The first-order chi connectivity index (χ1) is 9.61. The molecule has 0 saturated carbocycles. The van der Waals surface area contributed by atoms with Crippen molar-refractivity contribution in [1.82, 2.24) is 9.88 Å². The second-order valence-electron chi connectivity index (χ2n) is 4.89. The van der Waals surface area contributed by atoms with Gasteiger partial charge in [-0.25, -0.2) is 0 Å². The molecule has 2 heterocycles. The van der Waals surface area contributed by atoms with Crippen LogP contribution < -0.4 is 5.73 Å². The van der Waals surface area contributed by atoms with Gasteiger partial charge in [-0.1, -0.05) is 11.8 Å². The number of amides is 1. The topological polar surface area (TPSA) is 68.5 Å². The number of aromatic nitrogens is 1. The number of nitrogens with zero attached hydrogens (tertiary/aromatic N) is 2. The van der Waals surface area contributed by atoms with Crippen LogP contribution in [0.1, 0.15) is 29.8 Å². The van der Waals surface area contributed by atoms with Gasteiger partial charge in [0.2, 0.25) is 0 Å². The first kappa shape index (κ1) is 14.5. The van der Waals surface area contributed by atoms with Crippen molar-refractivity contribution in [1.29, 1.82) is 0 Å². The number of nitrogens with two attached hydrogens (primary N) is 1. The van der Waals surface area contributed by atoms with E-state index in [2.05, 4.69) is 16.8 Å². The number of hydrogen-bond donors (Lipinski definition) is 1. The van der Waals surface area contributed by atoms with E-state index >= 15 is 0 Å². The van der Waals surface area contributed by atoms with Crippen molar-refractivity contribution >= 4 is 5.91 Å². The van der Waals surface area contributed by atoms with Crippen LogP contribution in [0.5, 0.6) is 0 Å². The second kappa shape index (κ2) is 6.51. The van der Waals surface area contributed by atoms with Crippen LogP contribution in [-0.2, 0) is 4.74 Å². The molecule has 1 aliphatic rings. The fourth-order valence-corrected chi connectivity index (χ4v) is 2.34. The Kier molecular flexibility index (Phi) is 4.72. The van der Waals surface area contributed by atoms with Crippen molar-refractivity contribution in [2.45, 2.75) is 26.1 Å². The van der Waals surface area contributed by atoms with E-state index in [0.29, 0.717) is 24.2 Å². The molecule has 0 spiro atoms. The van der Waals surface area contributed by atoms with Crippen molar-refractivity contribution in [3.63, 3.8) is 0 Å². The maximum atomic E-state index is 12.6. The van der Waals surface area contributed by atoms with Gasteiger partial charge in [-0.05, 0) is 19.9 Å². The summed E-state index contributed by atoms with van der Waals surface area (Å²) in [5.74, 6) is 5.63. The molecule has 2 atom stereocenters. The normalized spacial score (nSPS) is 22.1. The fraction of sp³-hybridized carbons (Fsp3) is 0.467. The number of carbonyl (C=O) groups excluding carboxylic acids is 1. The summed E-state index contributed by atoms with van der Waals surface area (Å²) in [6.07, 6.45) is 3.29. The summed E-state index contributed by atoms with van der Waals surface area (Å²) in [5.41, 5.74) is 6.57. The van der Waals surface area contributed by atoms with E-state index in [4.69, 9.17) is 10.5 Å². The van der Waals surface area contributed by atoms with Crippen LogP contribution >= 0.6 is 0 Å². The molecule has 0 bridgehead atoms. The lowest BCUT2D eigenvalue weighted by Crippen LogP contribution is -2.48. The summed E-state index contributed by atoms with van der Waals surface area (Å²) in [4.78, 5) is 18.4. The van der Waals surface area contributed by atoms with E-state index in [1.807, 2.05) is 18.7 Å². The molecule has 5 nitrogen and oxygen atoms in total. The van der Waals surface area contributed by atoms with Crippen LogP contribution in [0.15, 0.2) is 18.5 Å².